The van der Waals surface area contributed by atoms with Gasteiger partial charge in [-0.3, -0.25) is 0 Å². The number of carbonyl (C=O) groups is 1. The maximum absolute atomic E-state index is 12.3. The number of nitrogens with zero attached hydrogens (tertiary/aromatic N) is 2. The Balaban J connectivity index is 1.41. The Morgan fingerprint density at radius 1 is 1.14 bits per heavy atom. The largest absolute Gasteiger partial charge is 0.338 e. The first-order chi connectivity index (χ1) is 10.4. The average molecular weight is 329 g/mol. The molecule has 3 fully saturated rings. The van der Waals surface area contributed by atoms with Crippen molar-refractivity contribution in [3.05, 3.63) is 0 Å². The highest BCUT2D eigenvalue weighted by Crippen LogP contribution is 2.30. The van der Waals surface area contributed by atoms with Crippen molar-refractivity contribution in [2.24, 2.45) is 5.92 Å². The van der Waals surface area contributed by atoms with E-state index >= 15 is 0 Å². The quantitative estimate of drug-likeness (QED) is 0.827. The van der Waals surface area contributed by atoms with E-state index in [-0.39, 0.29) is 23.6 Å². The van der Waals surface area contributed by atoms with Gasteiger partial charge in [-0.1, -0.05) is 0 Å². The van der Waals surface area contributed by atoms with Gasteiger partial charge < -0.3 is 15.1 Å². The van der Waals surface area contributed by atoms with E-state index in [9.17, 15) is 13.2 Å². The number of likely N-dealkylation sites (tertiary alicyclic amines) is 1. The van der Waals surface area contributed by atoms with Crippen LogP contribution in [0.5, 0.6) is 0 Å². The fraction of sp³-hybridized carbons (Fsp3) is 0.933. The van der Waals surface area contributed by atoms with Crippen LogP contribution in [0, 0.1) is 5.92 Å². The zero-order valence-electron chi connectivity index (χ0n) is 13.3. The van der Waals surface area contributed by atoms with Gasteiger partial charge in [-0.25, -0.2) is 13.2 Å². The van der Waals surface area contributed by atoms with Crippen molar-refractivity contribution in [1.29, 1.82) is 0 Å². The summed E-state index contributed by atoms with van der Waals surface area (Å²) in [6.07, 6.45) is 5.02. The lowest BCUT2D eigenvalue weighted by Gasteiger charge is -2.35. The van der Waals surface area contributed by atoms with Crippen LogP contribution in [0.4, 0.5) is 4.79 Å². The number of carbonyl (C=O) groups excluding carboxylic acids is 1. The molecule has 2 saturated heterocycles. The lowest BCUT2D eigenvalue weighted by Crippen LogP contribution is -2.54. The molecule has 3 rings (SSSR count). The number of sulfone groups is 1. The molecule has 1 aliphatic carbocycles. The van der Waals surface area contributed by atoms with Crippen molar-refractivity contribution in [1.82, 2.24) is 15.1 Å². The van der Waals surface area contributed by atoms with Crippen LogP contribution >= 0.6 is 0 Å². The van der Waals surface area contributed by atoms with Gasteiger partial charge in [0, 0.05) is 25.2 Å². The zero-order chi connectivity index (χ0) is 15.7. The summed E-state index contributed by atoms with van der Waals surface area (Å²) < 4.78 is 23.1. The highest BCUT2D eigenvalue weighted by molar-refractivity contribution is 7.91. The molecule has 1 unspecified atom stereocenters. The van der Waals surface area contributed by atoms with Crippen molar-refractivity contribution in [2.75, 3.05) is 37.7 Å². The Kier molecular flexibility index (Phi) is 4.64. The molecule has 0 aromatic heterocycles. The Bertz CT molecular complexity index is 510. The monoisotopic (exact) mass is 329 g/mol. The molecule has 0 aromatic rings. The first-order valence-corrected chi connectivity index (χ1v) is 10.3. The van der Waals surface area contributed by atoms with E-state index in [1.807, 2.05) is 6.92 Å². The van der Waals surface area contributed by atoms with Crippen LogP contribution in [0.15, 0.2) is 0 Å². The Hall–Kier alpha value is -0.820. The van der Waals surface area contributed by atoms with Crippen molar-refractivity contribution in [3.8, 4) is 0 Å². The topological polar surface area (TPSA) is 69.7 Å². The second-order valence-electron chi connectivity index (χ2n) is 7.05. The highest BCUT2D eigenvalue weighted by Gasteiger charge is 2.33. The van der Waals surface area contributed by atoms with Gasteiger partial charge in [0.25, 0.3) is 0 Å². The molecule has 0 bridgehead atoms. The molecule has 22 heavy (non-hydrogen) atoms. The molecular weight excluding hydrogens is 302 g/mol. The van der Waals surface area contributed by atoms with Crippen LogP contribution in [0.3, 0.4) is 0 Å². The lowest BCUT2D eigenvalue weighted by atomic mass is 9.97. The summed E-state index contributed by atoms with van der Waals surface area (Å²) >= 11 is 0. The number of hydrogen-bond donors (Lipinski definition) is 1. The maximum Gasteiger partial charge on any atom is 0.317 e. The van der Waals surface area contributed by atoms with E-state index in [1.165, 1.54) is 12.8 Å². The Morgan fingerprint density at radius 3 is 2.41 bits per heavy atom. The molecule has 1 N–H and O–H groups in total. The normalized spacial score (nSPS) is 30.2. The van der Waals surface area contributed by atoms with Gasteiger partial charge in [0.1, 0.15) is 0 Å². The number of nitrogens with one attached hydrogen (secondary N) is 1. The van der Waals surface area contributed by atoms with Gasteiger partial charge >= 0.3 is 6.03 Å². The fourth-order valence-corrected chi connectivity index (χ4v) is 5.15. The van der Waals surface area contributed by atoms with E-state index in [2.05, 4.69) is 10.2 Å². The van der Waals surface area contributed by atoms with Crippen LogP contribution in [-0.2, 0) is 9.84 Å². The molecule has 0 radical (unpaired) electrons. The number of amides is 2. The van der Waals surface area contributed by atoms with E-state index in [0.717, 1.165) is 32.0 Å². The summed E-state index contributed by atoms with van der Waals surface area (Å²) in [5.74, 6) is 0.729. The van der Waals surface area contributed by atoms with Gasteiger partial charge in [-0.15, -0.1) is 0 Å². The first-order valence-electron chi connectivity index (χ1n) is 8.43. The van der Waals surface area contributed by atoms with Gasteiger partial charge in [0.15, 0.2) is 9.84 Å². The van der Waals surface area contributed by atoms with Crippen molar-refractivity contribution >= 4 is 15.9 Å². The minimum Gasteiger partial charge on any atom is -0.338 e. The summed E-state index contributed by atoms with van der Waals surface area (Å²) in [6, 6.07) is 0.508. The van der Waals surface area contributed by atoms with E-state index in [1.54, 1.807) is 4.90 Å². The second-order valence-corrected chi connectivity index (χ2v) is 9.28. The molecule has 1 atom stereocenters. The summed E-state index contributed by atoms with van der Waals surface area (Å²) in [6.45, 7) is 5.15. The summed E-state index contributed by atoms with van der Waals surface area (Å²) in [5, 5.41) is 3.01. The second kappa shape index (κ2) is 6.35. The van der Waals surface area contributed by atoms with Crippen LogP contribution in [0.1, 0.15) is 32.6 Å². The molecule has 2 heterocycles. The van der Waals surface area contributed by atoms with Crippen LogP contribution in [-0.4, -0.2) is 74.0 Å². The Morgan fingerprint density at radius 2 is 1.82 bits per heavy atom. The van der Waals surface area contributed by atoms with Crippen LogP contribution in [0.25, 0.3) is 0 Å². The third-order valence-corrected chi connectivity index (χ3v) is 6.98. The van der Waals surface area contributed by atoms with E-state index in [0.29, 0.717) is 19.0 Å². The molecule has 6 nitrogen and oxygen atoms in total. The molecule has 3 aliphatic rings. The van der Waals surface area contributed by atoms with Crippen molar-refractivity contribution < 1.29 is 13.2 Å². The van der Waals surface area contributed by atoms with E-state index in [4.69, 9.17) is 0 Å². The fourth-order valence-electron chi connectivity index (χ4n) is 3.60. The van der Waals surface area contributed by atoms with Crippen molar-refractivity contribution in [2.45, 2.75) is 44.7 Å². The summed E-state index contributed by atoms with van der Waals surface area (Å²) in [5.41, 5.74) is 0. The minimum absolute atomic E-state index is 0.0835. The predicted molar refractivity (Wildman–Crippen MR) is 85.5 cm³/mol. The number of urea groups is 1. The SMILES string of the molecule is CC1CS(=O)(=O)CCN1C(=O)NCC1CCN(C2CC2)CC1. The number of hydrogen-bond acceptors (Lipinski definition) is 4. The third kappa shape index (κ3) is 3.93. The maximum atomic E-state index is 12.3. The molecule has 2 amide bonds. The molecular formula is C15H27N3O3S. The molecule has 1 saturated carbocycles. The average Bonchev–Trinajstić information content (AvgIpc) is 3.29. The Labute approximate surface area is 133 Å². The molecule has 0 aromatic carbocycles. The highest BCUT2D eigenvalue weighted by atomic mass is 32.2. The molecule has 7 heteroatoms. The summed E-state index contributed by atoms with van der Waals surface area (Å²) in [4.78, 5) is 16.5. The van der Waals surface area contributed by atoms with Crippen LogP contribution < -0.4 is 5.32 Å². The standard InChI is InChI=1S/C15H27N3O3S/c1-12-11-22(20,21)9-8-18(12)15(19)16-10-13-4-6-17(7-5-13)14-2-3-14/h12-14H,2-11H2,1H3,(H,16,19). The predicted octanol–water partition coefficient (Wildman–Crippen LogP) is 0.689. The molecule has 2 aliphatic heterocycles. The third-order valence-electron chi connectivity index (χ3n) is 5.19. The van der Waals surface area contributed by atoms with Crippen LogP contribution in [0.2, 0.25) is 0 Å². The lowest BCUT2D eigenvalue weighted by molar-refractivity contribution is 0.163. The molecule has 0 spiro atoms. The summed E-state index contributed by atoms with van der Waals surface area (Å²) in [7, 11) is -2.97. The molecule has 126 valence electrons. The number of rotatable bonds is 3. The zero-order valence-corrected chi connectivity index (χ0v) is 14.1. The number of piperidine rings is 1. The van der Waals surface area contributed by atoms with Crippen molar-refractivity contribution in [3.63, 3.8) is 0 Å². The first kappa shape index (κ1) is 16.1. The van der Waals surface area contributed by atoms with Gasteiger partial charge in [-0.2, -0.15) is 0 Å². The van der Waals surface area contributed by atoms with Gasteiger partial charge in [0.2, 0.25) is 0 Å². The minimum atomic E-state index is -2.97. The van der Waals surface area contributed by atoms with Gasteiger partial charge in [-0.05, 0) is 51.6 Å². The van der Waals surface area contributed by atoms with Gasteiger partial charge in [0.05, 0.1) is 11.5 Å². The smallest absolute Gasteiger partial charge is 0.317 e. The van der Waals surface area contributed by atoms with E-state index < -0.39 is 9.84 Å².